The van der Waals surface area contributed by atoms with Crippen LogP contribution in [0.25, 0.3) is 0 Å². The largest absolute Gasteiger partial charge is 0.496 e. The molecule has 7 heteroatoms. The highest BCUT2D eigenvalue weighted by Crippen LogP contribution is 2.29. The molecule has 98 valence electrons. The number of hydrogen-bond donors (Lipinski definition) is 2. The number of carboxylic acids is 1. The number of carbonyl (C=O) groups is 2. The van der Waals surface area contributed by atoms with Crippen molar-refractivity contribution < 1.29 is 19.4 Å². The van der Waals surface area contributed by atoms with Gasteiger partial charge in [-0.05, 0) is 12.2 Å². The van der Waals surface area contributed by atoms with Crippen molar-refractivity contribution in [1.82, 2.24) is 5.32 Å². The topological polar surface area (TPSA) is 75.6 Å². The fourth-order valence-corrected chi connectivity index (χ4v) is 3.78. The number of rotatable bonds is 4. The molecule has 1 aromatic heterocycles. The first-order valence-corrected chi connectivity index (χ1v) is 7.37. The Hall–Kier alpha value is -1.21. The molecule has 1 fully saturated rings. The van der Waals surface area contributed by atoms with Crippen LogP contribution < -0.4 is 10.1 Å². The lowest BCUT2D eigenvalue weighted by molar-refractivity contribution is -0.143. The van der Waals surface area contributed by atoms with E-state index in [-0.39, 0.29) is 5.91 Å². The lowest BCUT2D eigenvalue weighted by Crippen LogP contribution is -2.54. The van der Waals surface area contributed by atoms with Gasteiger partial charge in [0.25, 0.3) is 5.91 Å². The summed E-state index contributed by atoms with van der Waals surface area (Å²) in [6, 6.07) is 1.61. The lowest BCUT2D eigenvalue weighted by atomic mass is 9.99. The molecule has 1 aliphatic rings. The number of carbonyl (C=O) groups excluding carboxylic acids is 1. The van der Waals surface area contributed by atoms with Crippen molar-refractivity contribution in [3.8, 4) is 5.75 Å². The number of methoxy groups -OCH3 is 1. The van der Waals surface area contributed by atoms with Crippen molar-refractivity contribution in [3.05, 3.63) is 16.3 Å². The lowest BCUT2D eigenvalue weighted by Gasteiger charge is -2.24. The first-order chi connectivity index (χ1) is 8.57. The van der Waals surface area contributed by atoms with Crippen molar-refractivity contribution in [2.24, 2.45) is 0 Å². The number of hydrogen-bond acceptors (Lipinski definition) is 5. The van der Waals surface area contributed by atoms with E-state index in [4.69, 9.17) is 4.74 Å². The molecule has 1 amide bonds. The number of thioether (sulfide) groups is 1. The second-order valence-corrected chi connectivity index (χ2v) is 6.01. The molecule has 1 atom stereocenters. The van der Waals surface area contributed by atoms with Crippen LogP contribution in [0.4, 0.5) is 0 Å². The van der Waals surface area contributed by atoms with Crippen molar-refractivity contribution in [2.75, 3.05) is 18.6 Å². The van der Waals surface area contributed by atoms with Gasteiger partial charge in [-0.2, -0.15) is 11.8 Å². The van der Waals surface area contributed by atoms with E-state index in [1.807, 2.05) is 0 Å². The summed E-state index contributed by atoms with van der Waals surface area (Å²) in [6.07, 6.45) is 0.460. The maximum Gasteiger partial charge on any atom is 0.330 e. The summed E-state index contributed by atoms with van der Waals surface area (Å²) in [6.45, 7) is 0. The van der Waals surface area contributed by atoms with E-state index < -0.39 is 11.5 Å². The maximum absolute atomic E-state index is 12.0. The minimum atomic E-state index is -1.13. The molecule has 0 saturated carbocycles. The van der Waals surface area contributed by atoms with Crippen molar-refractivity contribution in [2.45, 2.75) is 12.0 Å². The predicted octanol–water partition coefficient (Wildman–Crippen LogP) is 1.45. The number of carboxylic acid groups (broad SMARTS) is 1. The Morgan fingerprint density at radius 2 is 2.33 bits per heavy atom. The van der Waals surface area contributed by atoms with Gasteiger partial charge < -0.3 is 15.2 Å². The van der Waals surface area contributed by atoms with Gasteiger partial charge in [0.1, 0.15) is 11.3 Å². The molecule has 2 rings (SSSR count). The zero-order valence-corrected chi connectivity index (χ0v) is 11.4. The second-order valence-electron chi connectivity index (χ2n) is 3.99. The van der Waals surface area contributed by atoms with Gasteiger partial charge in [-0.15, -0.1) is 11.3 Å². The molecule has 1 saturated heterocycles. The fourth-order valence-electron chi connectivity index (χ4n) is 1.71. The molecule has 1 aliphatic heterocycles. The molecular formula is C11H13NO4S2. The summed E-state index contributed by atoms with van der Waals surface area (Å²) in [7, 11) is 1.52. The zero-order valence-electron chi connectivity index (χ0n) is 9.76. The summed E-state index contributed by atoms with van der Waals surface area (Å²) in [5.74, 6) is 0.449. The molecule has 0 aromatic carbocycles. The summed E-state index contributed by atoms with van der Waals surface area (Å²) in [5.41, 5.74) is -1.13. The highest BCUT2D eigenvalue weighted by atomic mass is 32.2. The first-order valence-electron chi connectivity index (χ1n) is 5.33. The summed E-state index contributed by atoms with van der Waals surface area (Å²) < 4.78 is 5.00. The number of thiophene rings is 1. The molecule has 18 heavy (non-hydrogen) atoms. The van der Waals surface area contributed by atoms with Crippen molar-refractivity contribution in [1.29, 1.82) is 0 Å². The van der Waals surface area contributed by atoms with Gasteiger partial charge in [0, 0.05) is 17.2 Å². The smallest absolute Gasteiger partial charge is 0.330 e. The predicted molar refractivity (Wildman–Crippen MR) is 70.6 cm³/mol. The van der Waals surface area contributed by atoms with E-state index in [1.165, 1.54) is 30.2 Å². The average molecular weight is 287 g/mol. The quantitative estimate of drug-likeness (QED) is 0.876. The van der Waals surface area contributed by atoms with Gasteiger partial charge in [-0.3, -0.25) is 4.79 Å². The van der Waals surface area contributed by atoms with Gasteiger partial charge in [0.05, 0.1) is 12.0 Å². The normalized spacial score (nSPS) is 22.7. The third-order valence-corrected chi connectivity index (χ3v) is 4.92. The monoisotopic (exact) mass is 287 g/mol. The second kappa shape index (κ2) is 5.19. The number of amides is 1. The fraction of sp³-hybridized carbons (Fsp3) is 0.455. The first kappa shape index (κ1) is 13.2. The maximum atomic E-state index is 12.0. The molecule has 1 aromatic rings. The summed E-state index contributed by atoms with van der Waals surface area (Å²) >= 11 is 2.78. The Morgan fingerprint density at radius 1 is 1.56 bits per heavy atom. The standard InChI is InChI=1S/C11H13NO4S2/c1-16-7-4-8(18-5-7)9(13)12-11(10(14)15)2-3-17-6-11/h4-5H,2-3,6H2,1H3,(H,12,13)(H,14,15)/t11-/m1/s1. The average Bonchev–Trinajstić information content (AvgIpc) is 2.97. The number of ether oxygens (including phenoxy) is 1. The van der Waals surface area contributed by atoms with E-state index in [2.05, 4.69) is 5.32 Å². The molecule has 2 heterocycles. The van der Waals surface area contributed by atoms with Gasteiger partial charge >= 0.3 is 5.97 Å². The highest BCUT2D eigenvalue weighted by Gasteiger charge is 2.43. The Balaban J connectivity index is 2.12. The van der Waals surface area contributed by atoms with Gasteiger partial charge in [-0.25, -0.2) is 4.79 Å². The van der Waals surface area contributed by atoms with Crippen LogP contribution in [-0.4, -0.2) is 41.1 Å². The van der Waals surface area contributed by atoms with E-state index in [9.17, 15) is 14.7 Å². The zero-order chi connectivity index (χ0) is 13.2. The van der Waals surface area contributed by atoms with Crippen LogP contribution in [0.3, 0.4) is 0 Å². The van der Waals surface area contributed by atoms with Gasteiger partial charge in [0.2, 0.25) is 0 Å². The SMILES string of the molecule is COc1csc(C(=O)N[C@]2(C(=O)O)CCSC2)c1. The van der Waals surface area contributed by atoms with Crippen LogP contribution in [0.5, 0.6) is 5.75 Å². The number of nitrogens with one attached hydrogen (secondary N) is 1. The molecular weight excluding hydrogens is 274 g/mol. The third kappa shape index (κ3) is 2.46. The van der Waals surface area contributed by atoms with Crippen LogP contribution in [0.15, 0.2) is 11.4 Å². The van der Waals surface area contributed by atoms with Crippen LogP contribution in [0, 0.1) is 0 Å². The van der Waals surface area contributed by atoms with Crippen molar-refractivity contribution in [3.63, 3.8) is 0 Å². The molecule has 0 unspecified atom stereocenters. The van der Waals surface area contributed by atoms with Crippen LogP contribution in [-0.2, 0) is 4.79 Å². The molecule has 0 radical (unpaired) electrons. The van der Waals surface area contributed by atoms with Crippen LogP contribution in [0.2, 0.25) is 0 Å². The minimum Gasteiger partial charge on any atom is -0.496 e. The molecule has 0 spiro atoms. The van der Waals surface area contributed by atoms with Gasteiger partial charge in [-0.1, -0.05) is 0 Å². The van der Waals surface area contributed by atoms with E-state index in [0.29, 0.717) is 22.8 Å². The van der Waals surface area contributed by atoms with Crippen LogP contribution >= 0.6 is 23.1 Å². The minimum absolute atomic E-state index is 0.354. The highest BCUT2D eigenvalue weighted by molar-refractivity contribution is 7.99. The Morgan fingerprint density at radius 3 is 2.83 bits per heavy atom. The van der Waals surface area contributed by atoms with E-state index in [0.717, 1.165) is 5.75 Å². The molecule has 2 N–H and O–H groups in total. The molecule has 0 aliphatic carbocycles. The Labute approximate surface area is 113 Å². The molecule has 0 bridgehead atoms. The van der Waals surface area contributed by atoms with E-state index >= 15 is 0 Å². The van der Waals surface area contributed by atoms with E-state index in [1.54, 1.807) is 11.4 Å². The van der Waals surface area contributed by atoms with Crippen LogP contribution in [0.1, 0.15) is 16.1 Å². The Kier molecular flexibility index (Phi) is 3.82. The number of aliphatic carboxylic acids is 1. The molecule has 5 nitrogen and oxygen atoms in total. The third-order valence-electron chi connectivity index (χ3n) is 2.82. The Bertz CT molecular complexity index is 465. The summed E-state index contributed by atoms with van der Waals surface area (Å²) in [5, 5.41) is 13.6. The summed E-state index contributed by atoms with van der Waals surface area (Å²) in [4.78, 5) is 23.8. The van der Waals surface area contributed by atoms with Gasteiger partial charge in [0.15, 0.2) is 0 Å². The van der Waals surface area contributed by atoms with Crippen molar-refractivity contribution >= 4 is 35.0 Å².